The quantitative estimate of drug-likeness (QED) is 0.0187. The second kappa shape index (κ2) is 39.5. The monoisotopic (exact) mass is 1350 g/mol. The molecular weight excluding hydrogens is 1260 g/mol. The number of rotatable bonds is 25. The number of aromatic nitrogens is 2. The number of hydrogen-bond acceptors (Lipinski definition) is 21. The van der Waals surface area contributed by atoms with Gasteiger partial charge in [-0.15, -0.1) is 0 Å². The Morgan fingerprint density at radius 3 is 1.86 bits per heavy atom. The first kappa shape index (κ1) is 77.4. The summed E-state index contributed by atoms with van der Waals surface area (Å²) < 4.78 is 0. The van der Waals surface area contributed by atoms with E-state index in [-0.39, 0.29) is 108 Å². The maximum absolute atomic E-state index is 14.7. The minimum Gasteiger partial charge on any atom is -0.394 e. The lowest BCUT2D eigenvalue weighted by Gasteiger charge is -2.35. The summed E-state index contributed by atoms with van der Waals surface area (Å²) in [4.78, 5) is 188. The van der Waals surface area contributed by atoms with Crippen LogP contribution in [0.25, 0.3) is 0 Å². The standard InChI is InChI=1S/C55H94N22O14S2/c1-4-28(2)41-53(91)77-20-10-15-39(77)52(90)76-19-9-14-38(76)50(88)68-33(13-8-18-65-55(61)62)46(84)72-36(48(86)70-34(43(58)81)21-30-23-63-27-66-30)25-92-93-26-37(73-44(82)31(67-40(80)22-57)12-7-17-64-54(59)60)49(87)75-42(29(3)79)51(89)69-32(11-5-6-16-56)45(83)71-35(24-78)47(85)74-41/h23,27-29,31-39,41-42,78-79H,4-22,24-26,56-57H2,1-3H3,(H2,58,81)(H,63,66)(H,67,80)(H,68,88)(H,69,89)(H,70,86)(H,71,83)(H,72,84)(H,73,82)(H,74,85)(H,75,87)(H4,59,60,64)(H4,61,62,65)/t28-,29+,31-,32-,33-,34?,35-,36-,37-,38-,39-,41-,42-/m0/s1. The number of nitrogens with two attached hydrogens (primary N) is 7. The number of H-pyrrole nitrogens is 1. The molecule has 0 radical (unpaired) electrons. The first-order valence-corrected chi connectivity index (χ1v) is 33.4. The van der Waals surface area contributed by atoms with Gasteiger partial charge in [-0.25, -0.2) is 4.98 Å². The molecule has 38 heteroatoms. The van der Waals surface area contributed by atoms with Crippen molar-refractivity contribution < 1.29 is 67.7 Å². The Bertz CT molecular complexity index is 2780. The first-order chi connectivity index (χ1) is 44.2. The van der Waals surface area contributed by atoms with E-state index in [2.05, 4.69) is 67.8 Å². The van der Waals surface area contributed by atoms with Gasteiger partial charge in [-0.1, -0.05) is 41.9 Å². The fraction of sp³-hybridized carbons (Fsp3) is 0.691. The second-order valence-corrected chi connectivity index (χ2v) is 25.3. The molecule has 4 heterocycles. The van der Waals surface area contributed by atoms with E-state index in [9.17, 15) is 67.7 Å². The zero-order valence-electron chi connectivity index (χ0n) is 52.6. The average Bonchev–Trinajstić information content (AvgIpc) is 1.76. The number of hydrogen-bond donors (Lipinski definition) is 19. The highest BCUT2D eigenvalue weighted by atomic mass is 33.1. The largest absolute Gasteiger partial charge is 0.394 e. The molecule has 0 spiro atoms. The molecule has 1 aromatic rings. The van der Waals surface area contributed by atoms with Crippen LogP contribution in [-0.2, 0) is 64.0 Å². The van der Waals surface area contributed by atoms with Crippen molar-refractivity contribution >= 4 is 104 Å². The number of aliphatic hydroxyl groups excluding tert-OH is 2. The number of primary amides is 1. The Balaban J connectivity index is 1.87. The fourth-order valence-corrected chi connectivity index (χ4v) is 12.7. The number of imidazole rings is 1. The fourth-order valence-electron chi connectivity index (χ4n) is 10.4. The summed E-state index contributed by atoms with van der Waals surface area (Å²) in [6.07, 6.45) is 2.65. The van der Waals surface area contributed by atoms with Gasteiger partial charge in [0.15, 0.2) is 11.9 Å². The summed E-state index contributed by atoms with van der Waals surface area (Å²) in [7, 11) is 1.71. The van der Waals surface area contributed by atoms with Crippen LogP contribution in [0.15, 0.2) is 22.5 Å². The molecule has 26 N–H and O–H groups in total. The molecule has 520 valence electrons. The number of nitrogens with zero attached hydrogens (tertiary/aromatic N) is 5. The third kappa shape index (κ3) is 24.7. The van der Waals surface area contributed by atoms with E-state index >= 15 is 0 Å². The molecule has 3 aliphatic heterocycles. The molecule has 0 bridgehead atoms. The van der Waals surface area contributed by atoms with Crippen molar-refractivity contribution in [1.82, 2.24) is 67.6 Å². The van der Waals surface area contributed by atoms with Gasteiger partial charge in [0.1, 0.15) is 66.5 Å². The molecular formula is C55H94N22O14S2. The molecule has 0 saturated carbocycles. The van der Waals surface area contributed by atoms with Crippen LogP contribution < -0.4 is 88.0 Å². The number of carbonyl (C=O) groups excluding carboxylic acids is 12. The van der Waals surface area contributed by atoms with Crippen LogP contribution in [0, 0.1) is 5.92 Å². The van der Waals surface area contributed by atoms with E-state index in [1.54, 1.807) is 13.8 Å². The first-order valence-electron chi connectivity index (χ1n) is 30.9. The highest BCUT2D eigenvalue weighted by molar-refractivity contribution is 8.76. The van der Waals surface area contributed by atoms with Gasteiger partial charge in [0, 0.05) is 56.0 Å². The highest BCUT2D eigenvalue weighted by Gasteiger charge is 2.46. The molecule has 3 saturated heterocycles. The number of aliphatic hydroxyl groups is 2. The second-order valence-electron chi connectivity index (χ2n) is 22.8. The van der Waals surface area contributed by atoms with Gasteiger partial charge in [-0.3, -0.25) is 67.5 Å². The van der Waals surface area contributed by atoms with Crippen molar-refractivity contribution in [1.29, 1.82) is 0 Å². The minimum atomic E-state index is -1.88. The van der Waals surface area contributed by atoms with E-state index in [1.165, 1.54) is 22.3 Å². The molecule has 1 unspecified atom stereocenters. The van der Waals surface area contributed by atoms with Gasteiger partial charge in [-0.05, 0) is 90.0 Å². The molecule has 1 aromatic heterocycles. The van der Waals surface area contributed by atoms with Crippen LogP contribution in [0.4, 0.5) is 0 Å². The number of amides is 12. The number of aromatic amines is 1. The van der Waals surface area contributed by atoms with E-state index in [1.807, 2.05) is 0 Å². The van der Waals surface area contributed by atoms with Crippen molar-refractivity contribution in [2.45, 2.75) is 177 Å². The van der Waals surface area contributed by atoms with Crippen LogP contribution in [-0.4, -0.2) is 243 Å². The van der Waals surface area contributed by atoms with Crippen LogP contribution in [0.2, 0.25) is 0 Å². The van der Waals surface area contributed by atoms with Crippen molar-refractivity contribution in [2.24, 2.45) is 56.0 Å². The molecule has 13 atom stereocenters. The maximum Gasteiger partial charge on any atom is 0.246 e. The van der Waals surface area contributed by atoms with E-state index in [4.69, 9.17) is 40.1 Å². The lowest BCUT2D eigenvalue weighted by molar-refractivity contribution is -0.149. The molecule has 12 amide bonds. The third-order valence-corrected chi connectivity index (χ3v) is 18.1. The third-order valence-electron chi connectivity index (χ3n) is 15.7. The van der Waals surface area contributed by atoms with E-state index in [0.717, 1.165) is 28.5 Å². The van der Waals surface area contributed by atoms with Crippen LogP contribution in [0.3, 0.4) is 0 Å². The van der Waals surface area contributed by atoms with Crippen molar-refractivity contribution in [2.75, 3.05) is 57.4 Å². The predicted octanol–water partition coefficient (Wildman–Crippen LogP) is -8.21. The number of guanidine groups is 2. The van der Waals surface area contributed by atoms with Gasteiger partial charge >= 0.3 is 0 Å². The van der Waals surface area contributed by atoms with Crippen LogP contribution in [0.5, 0.6) is 0 Å². The Hall–Kier alpha value is -8.07. The predicted molar refractivity (Wildman–Crippen MR) is 343 cm³/mol. The Kier molecular flexibility index (Phi) is 32.8. The zero-order valence-corrected chi connectivity index (χ0v) is 54.2. The molecule has 3 aliphatic rings. The summed E-state index contributed by atoms with van der Waals surface area (Å²) in [5.74, 6) is -12.7. The normalized spacial score (nSPS) is 24.8. The Labute approximate surface area is 546 Å². The molecule has 0 aliphatic carbocycles. The average molecular weight is 1350 g/mol. The summed E-state index contributed by atoms with van der Waals surface area (Å²) in [5, 5.41) is 44.8. The zero-order chi connectivity index (χ0) is 68.9. The van der Waals surface area contributed by atoms with Crippen molar-refractivity contribution in [3.05, 3.63) is 18.2 Å². The molecule has 36 nitrogen and oxygen atoms in total. The number of carbonyl (C=O) groups is 12. The smallest absolute Gasteiger partial charge is 0.246 e. The lowest BCUT2D eigenvalue weighted by Crippen LogP contribution is -2.62. The maximum atomic E-state index is 14.7. The molecule has 4 rings (SSSR count). The topological polar surface area (TPSA) is 596 Å². The number of aliphatic imine (C=N–C) groups is 2. The van der Waals surface area contributed by atoms with Gasteiger partial charge in [0.05, 0.1) is 25.6 Å². The van der Waals surface area contributed by atoms with E-state index < -0.39 is 168 Å². The van der Waals surface area contributed by atoms with Gasteiger partial charge in [0.2, 0.25) is 70.9 Å². The van der Waals surface area contributed by atoms with Gasteiger partial charge in [0.25, 0.3) is 0 Å². The van der Waals surface area contributed by atoms with Crippen LogP contribution in [0.1, 0.15) is 104 Å². The number of nitrogens with one attached hydrogen (secondary N) is 10. The number of fused-ring (bicyclic) bond motifs is 2. The Morgan fingerprint density at radius 2 is 1.27 bits per heavy atom. The summed E-state index contributed by atoms with van der Waals surface area (Å²) in [6.45, 7) is 3.39. The van der Waals surface area contributed by atoms with Gasteiger partial charge < -0.3 is 113 Å². The Morgan fingerprint density at radius 1 is 0.688 bits per heavy atom. The number of unbranched alkanes of at least 4 members (excludes halogenated alkanes) is 1. The molecule has 93 heavy (non-hydrogen) atoms. The lowest BCUT2D eigenvalue weighted by atomic mass is 9.96. The molecule has 0 aromatic carbocycles. The summed E-state index contributed by atoms with van der Waals surface area (Å²) in [6, 6.07) is -16.1. The van der Waals surface area contributed by atoms with Crippen LogP contribution >= 0.6 is 21.6 Å². The van der Waals surface area contributed by atoms with Crippen molar-refractivity contribution in [3.8, 4) is 0 Å². The minimum absolute atomic E-state index is 0.0129. The highest BCUT2D eigenvalue weighted by Crippen LogP contribution is 2.28. The van der Waals surface area contributed by atoms with Crippen molar-refractivity contribution in [3.63, 3.8) is 0 Å². The SMILES string of the molecule is CC[C@H](C)[C@@H]1NC(=O)[C@H](CO)NC(=O)[C@H](CCCCN)NC(=O)[C@H]([C@@H](C)O)NC(=O)[C@@H](NC(=O)[C@H](CCCN=C(N)N)NC(=O)CN)CSSC[C@@H](C(=O)NC(Cc2cnc[nH]2)C(N)=O)NC(=O)[C@H](CCCN=C(N)N)NC(=O)[C@@H]2CCCN2C(=O)[C@@H]2CCCN2C1=O. The van der Waals surface area contributed by atoms with Gasteiger partial charge in [-0.2, -0.15) is 0 Å². The summed E-state index contributed by atoms with van der Waals surface area (Å²) >= 11 is 0. The summed E-state index contributed by atoms with van der Waals surface area (Å²) in [5.41, 5.74) is 39.7. The van der Waals surface area contributed by atoms with E-state index in [0.29, 0.717) is 31.4 Å². The molecule has 3 fully saturated rings.